The van der Waals surface area contributed by atoms with Gasteiger partial charge in [-0.15, -0.1) is 0 Å². The van der Waals surface area contributed by atoms with Crippen LogP contribution in [0.25, 0.3) is 22.4 Å². The molecular formula is C24H20N4O6. The molecule has 0 spiro atoms. The molecule has 0 radical (unpaired) electrons. The number of fused-ring (bicyclic) bond motifs is 1. The third kappa shape index (κ3) is 5.01. The van der Waals surface area contributed by atoms with Gasteiger partial charge < -0.3 is 19.3 Å². The van der Waals surface area contributed by atoms with Crippen molar-refractivity contribution in [2.45, 2.75) is 6.92 Å². The Labute approximate surface area is 193 Å². The second kappa shape index (κ2) is 9.82. The van der Waals surface area contributed by atoms with Crippen molar-refractivity contribution in [3.63, 3.8) is 0 Å². The molecule has 10 nitrogen and oxygen atoms in total. The standard InChI is InChI=1S/C24H20N4O6/c1-14-21-18(12-19(26-22(21)34-28-14)15-6-4-3-5-7-15)23(30)33-13-20(29)27-24(31)25-16-8-10-17(32-2)11-9-16/h3-12H,13H2,1-2H3,(H2,25,27,29,31). The van der Waals surface area contributed by atoms with Gasteiger partial charge in [0.15, 0.2) is 6.61 Å². The number of urea groups is 1. The average Bonchev–Trinajstić information content (AvgIpc) is 3.23. The number of nitrogens with zero attached hydrogens (tertiary/aromatic N) is 2. The molecule has 0 bridgehead atoms. The van der Waals surface area contributed by atoms with Crippen LogP contribution < -0.4 is 15.4 Å². The number of methoxy groups -OCH3 is 1. The fourth-order valence-corrected chi connectivity index (χ4v) is 3.22. The Morgan fingerprint density at radius 2 is 1.76 bits per heavy atom. The third-order valence-electron chi connectivity index (χ3n) is 4.84. The van der Waals surface area contributed by atoms with Crippen LogP contribution in [0, 0.1) is 6.92 Å². The Bertz CT molecular complexity index is 1350. The first kappa shape index (κ1) is 22.5. The summed E-state index contributed by atoms with van der Waals surface area (Å²) in [5, 5.41) is 8.87. The van der Waals surface area contributed by atoms with Crippen LogP contribution in [-0.4, -0.2) is 41.8 Å². The number of aromatic nitrogens is 2. The maximum absolute atomic E-state index is 12.8. The van der Waals surface area contributed by atoms with Crippen LogP contribution in [-0.2, 0) is 9.53 Å². The molecule has 0 atom stereocenters. The van der Waals surface area contributed by atoms with E-state index in [1.165, 1.54) is 7.11 Å². The number of imide groups is 1. The Morgan fingerprint density at radius 3 is 2.47 bits per heavy atom. The molecule has 172 valence electrons. The predicted molar refractivity (Wildman–Crippen MR) is 122 cm³/mol. The lowest BCUT2D eigenvalue weighted by atomic mass is 10.1. The summed E-state index contributed by atoms with van der Waals surface area (Å²) < 4.78 is 15.4. The fourth-order valence-electron chi connectivity index (χ4n) is 3.22. The van der Waals surface area contributed by atoms with Gasteiger partial charge in [0.1, 0.15) is 5.75 Å². The summed E-state index contributed by atoms with van der Waals surface area (Å²) >= 11 is 0. The zero-order chi connectivity index (χ0) is 24.1. The van der Waals surface area contributed by atoms with Crippen molar-refractivity contribution in [1.29, 1.82) is 0 Å². The van der Waals surface area contributed by atoms with Crippen molar-refractivity contribution < 1.29 is 28.4 Å². The van der Waals surface area contributed by atoms with Crippen LogP contribution in [0.3, 0.4) is 0 Å². The van der Waals surface area contributed by atoms with Crippen LogP contribution in [0.2, 0.25) is 0 Å². The summed E-state index contributed by atoms with van der Waals surface area (Å²) in [7, 11) is 1.53. The highest BCUT2D eigenvalue weighted by atomic mass is 16.5. The number of hydrogen-bond acceptors (Lipinski definition) is 8. The summed E-state index contributed by atoms with van der Waals surface area (Å²) in [6.07, 6.45) is 0. The van der Waals surface area contributed by atoms with Crippen LogP contribution in [0.1, 0.15) is 16.1 Å². The lowest BCUT2D eigenvalue weighted by molar-refractivity contribution is -0.123. The maximum atomic E-state index is 12.8. The van der Waals surface area contributed by atoms with E-state index in [1.54, 1.807) is 37.3 Å². The van der Waals surface area contributed by atoms with E-state index < -0.39 is 24.5 Å². The number of rotatable bonds is 6. The highest BCUT2D eigenvalue weighted by Crippen LogP contribution is 2.27. The summed E-state index contributed by atoms with van der Waals surface area (Å²) in [6.45, 7) is 1.01. The number of esters is 1. The quantitative estimate of drug-likeness (QED) is 0.416. The molecule has 3 amide bonds. The van der Waals surface area contributed by atoms with Crippen molar-refractivity contribution in [3.05, 3.63) is 71.9 Å². The molecule has 0 aliphatic rings. The van der Waals surface area contributed by atoms with E-state index in [4.69, 9.17) is 14.0 Å². The number of pyridine rings is 1. The molecule has 0 aliphatic carbocycles. The largest absolute Gasteiger partial charge is 0.497 e. The van der Waals surface area contributed by atoms with Gasteiger partial charge in [0.05, 0.1) is 29.4 Å². The lowest BCUT2D eigenvalue weighted by Gasteiger charge is -2.09. The maximum Gasteiger partial charge on any atom is 0.339 e. The summed E-state index contributed by atoms with van der Waals surface area (Å²) in [4.78, 5) is 41.4. The van der Waals surface area contributed by atoms with Crippen molar-refractivity contribution in [2.75, 3.05) is 19.0 Å². The second-order valence-electron chi connectivity index (χ2n) is 7.18. The first-order chi connectivity index (χ1) is 16.4. The minimum absolute atomic E-state index is 0.151. The predicted octanol–water partition coefficient (Wildman–Crippen LogP) is 3.71. The van der Waals surface area contributed by atoms with E-state index in [0.29, 0.717) is 28.2 Å². The van der Waals surface area contributed by atoms with Crippen molar-refractivity contribution >= 4 is 34.7 Å². The van der Waals surface area contributed by atoms with Gasteiger partial charge in [0.25, 0.3) is 11.6 Å². The number of ether oxygens (including phenoxy) is 2. The normalized spacial score (nSPS) is 10.5. The molecule has 0 fully saturated rings. The summed E-state index contributed by atoms with van der Waals surface area (Å²) in [6, 6.07) is 16.5. The molecule has 2 aromatic carbocycles. The molecule has 4 rings (SSSR count). The Morgan fingerprint density at radius 1 is 1.03 bits per heavy atom. The number of nitrogens with one attached hydrogen (secondary N) is 2. The zero-order valence-corrected chi connectivity index (χ0v) is 18.3. The van der Waals surface area contributed by atoms with Crippen LogP contribution in [0.4, 0.5) is 10.5 Å². The number of benzene rings is 2. The second-order valence-corrected chi connectivity index (χ2v) is 7.18. The van der Waals surface area contributed by atoms with E-state index in [2.05, 4.69) is 20.8 Å². The van der Waals surface area contributed by atoms with E-state index in [-0.39, 0.29) is 11.3 Å². The topological polar surface area (TPSA) is 133 Å². The molecule has 2 N–H and O–H groups in total. The zero-order valence-electron chi connectivity index (χ0n) is 18.3. The molecule has 0 saturated carbocycles. The number of hydrogen-bond donors (Lipinski definition) is 2. The van der Waals surface area contributed by atoms with Crippen LogP contribution in [0.15, 0.2) is 65.2 Å². The number of anilines is 1. The van der Waals surface area contributed by atoms with Crippen LogP contribution in [0.5, 0.6) is 5.75 Å². The van der Waals surface area contributed by atoms with Gasteiger partial charge >= 0.3 is 12.0 Å². The van der Waals surface area contributed by atoms with Gasteiger partial charge in [-0.2, -0.15) is 0 Å². The van der Waals surface area contributed by atoms with Gasteiger partial charge in [-0.1, -0.05) is 35.5 Å². The number of carbonyl (C=O) groups excluding carboxylic acids is 3. The summed E-state index contributed by atoms with van der Waals surface area (Å²) in [5.41, 5.74) is 2.49. The summed E-state index contributed by atoms with van der Waals surface area (Å²) in [5.74, 6) is -0.950. The third-order valence-corrected chi connectivity index (χ3v) is 4.84. The Hall–Kier alpha value is -4.73. The molecule has 4 aromatic rings. The van der Waals surface area contributed by atoms with E-state index in [1.807, 2.05) is 30.3 Å². The Balaban J connectivity index is 1.43. The highest BCUT2D eigenvalue weighted by molar-refractivity contribution is 6.06. The molecule has 34 heavy (non-hydrogen) atoms. The van der Waals surface area contributed by atoms with Gasteiger partial charge in [-0.3, -0.25) is 10.1 Å². The first-order valence-electron chi connectivity index (χ1n) is 10.2. The molecule has 0 saturated heterocycles. The van der Waals surface area contributed by atoms with Gasteiger partial charge in [0.2, 0.25) is 0 Å². The molecule has 10 heteroatoms. The van der Waals surface area contributed by atoms with Crippen LogP contribution >= 0.6 is 0 Å². The minimum Gasteiger partial charge on any atom is -0.497 e. The molecule has 2 heterocycles. The molecule has 0 unspecified atom stereocenters. The number of carbonyl (C=O) groups is 3. The van der Waals surface area contributed by atoms with Gasteiger partial charge in [-0.05, 0) is 37.3 Å². The average molecular weight is 460 g/mol. The first-order valence-corrected chi connectivity index (χ1v) is 10.2. The van der Waals surface area contributed by atoms with Crippen molar-refractivity contribution in [2.24, 2.45) is 0 Å². The van der Waals surface area contributed by atoms with E-state index in [0.717, 1.165) is 5.56 Å². The van der Waals surface area contributed by atoms with E-state index >= 15 is 0 Å². The number of amides is 3. The molecular weight excluding hydrogens is 440 g/mol. The molecule has 2 aromatic heterocycles. The smallest absolute Gasteiger partial charge is 0.339 e. The van der Waals surface area contributed by atoms with Gasteiger partial charge in [0, 0.05) is 11.3 Å². The van der Waals surface area contributed by atoms with E-state index in [9.17, 15) is 14.4 Å². The van der Waals surface area contributed by atoms with Crippen molar-refractivity contribution in [1.82, 2.24) is 15.5 Å². The SMILES string of the molecule is COc1ccc(NC(=O)NC(=O)COC(=O)c2cc(-c3ccccc3)nc3onc(C)c23)cc1. The minimum atomic E-state index is -0.796. The molecule has 0 aliphatic heterocycles. The number of aryl methyl sites for hydroxylation is 1. The fraction of sp³-hybridized carbons (Fsp3) is 0.125. The lowest BCUT2D eigenvalue weighted by Crippen LogP contribution is -2.37. The Kier molecular flexibility index (Phi) is 6.49. The monoisotopic (exact) mass is 460 g/mol. The van der Waals surface area contributed by atoms with Crippen molar-refractivity contribution in [3.8, 4) is 17.0 Å². The van der Waals surface area contributed by atoms with Gasteiger partial charge in [-0.25, -0.2) is 14.6 Å². The highest BCUT2D eigenvalue weighted by Gasteiger charge is 2.21.